The fourth-order valence-electron chi connectivity index (χ4n) is 3.70. The van der Waals surface area contributed by atoms with E-state index in [-0.39, 0.29) is 34.6 Å². The molecule has 1 aromatic carbocycles. The van der Waals surface area contributed by atoms with Crippen LogP contribution in [0.4, 0.5) is 15.9 Å². The number of carbonyl (C=O) groups is 1. The molecule has 32 heavy (non-hydrogen) atoms. The van der Waals surface area contributed by atoms with Crippen molar-refractivity contribution in [2.24, 2.45) is 5.92 Å². The Morgan fingerprint density at radius 3 is 2.94 bits per heavy atom. The lowest BCUT2D eigenvalue weighted by atomic mass is 10.1. The van der Waals surface area contributed by atoms with Crippen molar-refractivity contribution in [3.05, 3.63) is 47.0 Å². The molecular weight excluding hydrogens is 435 g/mol. The van der Waals surface area contributed by atoms with Gasteiger partial charge in [0.2, 0.25) is 11.9 Å². The van der Waals surface area contributed by atoms with E-state index in [0.29, 0.717) is 40.0 Å². The van der Waals surface area contributed by atoms with Crippen molar-refractivity contribution in [3.8, 4) is 11.3 Å². The zero-order valence-electron chi connectivity index (χ0n) is 17.1. The van der Waals surface area contributed by atoms with Gasteiger partial charge in [0.25, 0.3) is 0 Å². The summed E-state index contributed by atoms with van der Waals surface area (Å²) in [6.07, 6.45) is 6.97. The van der Waals surface area contributed by atoms with Crippen molar-refractivity contribution in [2.45, 2.75) is 32.4 Å². The Bertz CT molecular complexity index is 1420. The number of fused-ring (bicyclic) bond motifs is 2. The van der Waals surface area contributed by atoms with Gasteiger partial charge in [-0.1, -0.05) is 11.6 Å². The quantitative estimate of drug-likeness (QED) is 0.395. The smallest absolute Gasteiger partial charge is 0.236 e. The standard InChI is InChI=1S/C21H18ClFN8O/c1-9(2)27-20-18(23)17(22)16(11-5-26-30-19(11)20)13-7-31-8-14(28-15(31)6-25-13)29-21(32)10-4-12(10)24-3/h5-10,12,27H,4H2,1-2H3,(H,26,30)(H,29,32)/t10?,12-/m0/s1. The van der Waals surface area contributed by atoms with Gasteiger partial charge in [0.1, 0.15) is 5.92 Å². The number of H-pyrrole nitrogens is 1. The monoisotopic (exact) mass is 452 g/mol. The van der Waals surface area contributed by atoms with Gasteiger partial charge in [0, 0.05) is 29.6 Å². The van der Waals surface area contributed by atoms with E-state index in [1.807, 2.05) is 13.8 Å². The van der Waals surface area contributed by atoms with Crippen LogP contribution in [0.25, 0.3) is 32.7 Å². The Hall–Kier alpha value is -3.71. The van der Waals surface area contributed by atoms with E-state index in [1.54, 1.807) is 23.0 Å². The van der Waals surface area contributed by atoms with E-state index < -0.39 is 5.82 Å². The maximum atomic E-state index is 15.2. The van der Waals surface area contributed by atoms with Gasteiger partial charge < -0.3 is 19.9 Å². The lowest BCUT2D eigenvalue weighted by Gasteiger charge is -2.15. The minimum absolute atomic E-state index is 0.00678. The summed E-state index contributed by atoms with van der Waals surface area (Å²) in [6, 6.07) is -0.254. The molecule has 3 heterocycles. The normalized spacial score (nSPS) is 17.6. The average molecular weight is 453 g/mol. The van der Waals surface area contributed by atoms with Gasteiger partial charge in [-0.3, -0.25) is 14.9 Å². The van der Waals surface area contributed by atoms with Gasteiger partial charge in [-0.2, -0.15) is 5.10 Å². The number of halogens is 2. The summed E-state index contributed by atoms with van der Waals surface area (Å²) in [5.74, 6) is -0.751. The highest BCUT2D eigenvalue weighted by molar-refractivity contribution is 6.35. The van der Waals surface area contributed by atoms with Gasteiger partial charge in [-0.25, -0.2) is 15.9 Å². The molecule has 5 rings (SSSR count). The van der Waals surface area contributed by atoms with Crippen LogP contribution in [0.3, 0.4) is 0 Å². The zero-order valence-corrected chi connectivity index (χ0v) is 17.9. The topological polar surface area (TPSA) is 104 Å². The second-order valence-corrected chi connectivity index (χ2v) is 8.41. The first-order valence-electron chi connectivity index (χ1n) is 10.0. The summed E-state index contributed by atoms with van der Waals surface area (Å²) < 4.78 is 16.8. The predicted molar refractivity (Wildman–Crippen MR) is 119 cm³/mol. The summed E-state index contributed by atoms with van der Waals surface area (Å²) >= 11 is 6.44. The molecule has 162 valence electrons. The first-order chi connectivity index (χ1) is 15.4. The number of anilines is 2. The highest BCUT2D eigenvalue weighted by Crippen LogP contribution is 2.41. The molecular formula is C21H18ClFN8O. The first-order valence-corrected chi connectivity index (χ1v) is 10.4. The van der Waals surface area contributed by atoms with Crippen LogP contribution >= 0.6 is 11.6 Å². The number of carbonyl (C=O) groups excluding carboxylic acids is 1. The molecule has 4 aromatic rings. The molecule has 1 saturated carbocycles. The number of benzene rings is 1. The summed E-state index contributed by atoms with van der Waals surface area (Å²) in [4.78, 5) is 24.4. The molecule has 0 radical (unpaired) electrons. The fourth-order valence-corrected chi connectivity index (χ4v) is 3.99. The molecule has 3 aromatic heterocycles. The number of rotatable bonds is 5. The minimum Gasteiger partial charge on any atom is -0.379 e. The fraction of sp³-hybridized carbons (Fsp3) is 0.286. The van der Waals surface area contributed by atoms with Crippen LogP contribution in [0.2, 0.25) is 5.02 Å². The van der Waals surface area contributed by atoms with E-state index in [4.69, 9.17) is 18.2 Å². The van der Waals surface area contributed by atoms with Crippen LogP contribution in [-0.2, 0) is 4.79 Å². The van der Waals surface area contributed by atoms with E-state index in [9.17, 15) is 4.79 Å². The summed E-state index contributed by atoms with van der Waals surface area (Å²) in [7, 11) is 0. The van der Waals surface area contributed by atoms with Crippen molar-refractivity contribution in [3.63, 3.8) is 0 Å². The predicted octanol–water partition coefficient (Wildman–Crippen LogP) is 4.13. The lowest BCUT2D eigenvalue weighted by molar-refractivity contribution is -0.117. The summed E-state index contributed by atoms with van der Waals surface area (Å²) in [5, 5.41) is 13.3. The third-order valence-corrected chi connectivity index (χ3v) is 5.69. The summed E-state index contributed by atoms with van der Waals surface area (Å²) in [6.45, 7) is 10.8. The van der Waals surface area contributed by atoms with Crippen LogP contribution in [0, 0.1) is 18.3 Å². The highest BCUT2D eigenvalue weighted by atomic mass is 35.5. The summed E-state index contributed by atoms with van der Waals surface area (Å²) in [5.41, 5.74) is 2.08. The molecule has 2 atom stereocenters. The number of nitrogens with zero attached hydrogens (tertiary/aromatic N) is 5. The minimum atomic E-state index is -0.591. The third kappa shape index (κ3) is 3.31. The van der Waals surface area contributed by atoms with Crippen LogP contribution in [0.5, 0.6) is 0 Å². The van der Waals surface area contributed by atoms with Crippen LogP contribution in [-0.4, -0.2) is 42.6 Å². The van der Waals surface area contributed by atoms with Gasteiger partial charge in [0.05, 0.1) is 40.5 Å². The van der Waals surface area contributed by atoms with Crippen molar-refractivity contribution in [1.29, 1.82) is 0 Å². The van der Waals surface area contributed by atoms with Crippen molar-refractivity contribution in [1.82, 2.24) is 24.6 Å². The Balaban J connectivity index is 1.54. The van der Waals surface area contributed by atoms with Crippen LogP contribution in [0.15, 0.2) is 24.8 Å². The van der Waals surface area contributed by atoms with Gasteiger partial charge in [-0.15, -0.1) is 0 Å². The zero-order chi connectivity index (χ0) is 22.6. The number of hydrogen-bond donors (Lipinski definition) is 3. The maximum absolute atomic E-state index is 15.2. The van der Waals surface area contributed by atoms with Crippen molar-refractivity contribution in [2.75, 3.05) is 10.6 Å². The molecule has 1 unspecified atom stereocenters. The van der Waals surface area contributed by atoms with Gasteiger partial charge >= 0.3 is 0 Å². The van der Waals surface area contributed by atoms with Crippen LogP contribution < -0.4 is 10.6 Å². The number of amides is 1. The molecule has 0 bridgehead atoms. The molecule has 1 aliphatic carbocycles. The lowest BCUT2D eigenvalue weighted by Crippen LogP contribution is -2.15. The Labute approximate surface area is 186 Å². The number of imidazole rings is 1. The molecule has 11 heteroatoms. The van der Waals surface area contributed by atoms with E-state index >= 15 is 4.39 Å². The van der Waals surface area contributed by atoms with Gasteiger partial charge in [-0.05, 0) is 13.8 Å². The molecule has 1 amide bonds. The second kappa shape index (κ2) is 7.46. The Kier molecular flexibility index (Phi) is 4.71. The Morgan fingerprint density at radius 1 is 1.41 bits per heavy atom. The van der Waals surface area contributed by atoms with Gasteiger partial charge in [0.15, 0.2) is 17.3 Å². The average Bonchev–Trinajstić information content (AvgIpc) is 3.22. The van der Waals surface area contributed by atoms with Crippen LogP contribution in [0.1, 0.15) is 20.3 Å². The third-order valence-electron chi connectivity index (χ3n) is 5.33. The molecule has 9 nitrogen and oxygen atoms in total. The Morgan fingerprint density at radius 2 is 2.22 bits per heavy atom. The van der Waals surface area contributed by atoms with Crippen molar-refractivity contribution >= 4 is 45.6 Å². The maximum Gasteiger partial charge on any atom is 0.236 e. The molecule has 1 fully saturated rings. The highest BCUT2D eigenvalue weighted by Gasteiger charge is 2.50. The number of nitrogens with one attached hydrogen (secondary N) is 3. The van der Waals surface area contributed by atoms with E-state index in [0.717, 1.165) is 0 Å². The largest absolute Gasteiger partial charge is 0.379 e. The molecule has 3 N–H and O–H groups in total. The first kappa shape index (κ1) is 20.2. The molecule has 0 saturated heterocycles. The number of hydrogen-bond acceptors (Lipinski definition) is 5. The molecule has 0 spiro atoms. The molecule has 1 aliphatic rings. The van der Waals surface area contributed by atoms with Crippen molar-refractivity contribution < 1.29 is 9.18 Å². The van der Waals surface area contributed by atoms with E-state index in [1.165, 1.54) is 6.20 Å². The second-order valence-electron chi connectivity index (χ2n) is 8.03. The number of aromatic amines is 1. The van der Waals surface area contributed by atoms with E-state index in [2.05, 4.69) is 35.6 Å². The number of aromatic nitrogens is 5. The molecule has 0 aliphatic heterocycles. The SMILES string of the molecule is [C-]#[N+][C@H]1CC1C(=O)Nc1cn2cc(-c3c(Cl)c(F)c(NC(C)C)c4[nH]ncc34)ncc2n1.